The van der Waals surface area contributed by atoms with Gasteiger partial charge in [-0.1, -0.05) is 13.3 Å². The second-order valence-corrected chi connectivity index (χ2v) is 3.79. The Morgan fingerprint density at radius 3 is 2.93 bits per heavy atom. The molecule has 0 saturated carbocycles. The van der Waals surface area contributed by atoms with Crippen LogP contribution in [0.25, 0.3) is 0 Å². The molecule has 1 aliphatic heterocycles. The summed E-state index contributed by atoms with van der Waals surface area (Å²) in [5.74, 6) is 0.0300. The van der Waals surface area contributed by atoms with Gasteiger partial charge >= 0.3 is 6.09 Å². The second kappa shape index (κ2) is 5.58. The van der Waals surface area contributed by atoms with E-state index in [2.05, 4.69) is 5.32 Å². The Bertz CT molecular complexity index is 243. The molecule has 1 N–H and O–H groups in total. The van der Waals surface area contributed by atoms with Gasteiger partial charge in [0.05, 0.1) is 13.1 Å². The normalized spacial score (nSPS) is 20.3. The van der Waals surface area contributed by atoms with Crippen LogP contribution in [0.1, 0.15) is 26.2 Å². The van der Waals surface area contributed by atoms with Crippen molar-refractivity contribution in [2.24, 2.45) is 0 Å². The van der Waals surface area contributed by atoms with Crippen molar-refractivity contribution < 1.29 is 14.3 Å². The summed E-state index contributed by atoms with van der Waals surface area (Å²) in [5.41, 5.74) is 0. The molecule has 0 aliphatic carbocycles. The molecule has 0 aromatic rings. The van der Waals surface area contributed by atoms with E-state index in [1.807, 2.05) is 6.92 Å². The molecule has 15 heavy (non-hydrogen) atoms. The van der Waals surface area contributed by atoms with Gasteiger partial charge in [-0.15, -0.1) is 0 Å². The zero-order valence-electron chi connectivity index (χ0n) is 9.28. The lowest BCUT2D eigenvalue weighted by molar-refractivity contribution is -0.121. The van der Waals surface area contributed by atoms with E-state index in [9.17, 15) is 9.59 Å². The molecule has 1 saturated heterocycles. The number of cyclic esters (lactones) is 1. The van der Waals surface area contributed by atoms with E-state index in [0.29, 0.717) is 19.5 Å². The summed E-state index contributed by atoms with van der Waals surface area (Å²) in [6.45, 7) is 3.01. The van der Waals surface area contributed by atoms with Crippen molar-refractivity contribution >= 4 is 12.0 Å². The van der Waals surface area contributed by atoms with Crippen molar-refractivity contribution in [2.75, 3.05) is 20.1 Å². The van der Waals surface area contributed by atoms with Crippen molar-refractivity contribution in [3.63, 3.8) is 0 Å². The molecule has 0 aromatic carbocycles. The third-order valence-electron chi connectivity index (χ3n) is 2.34. The number of carbonyl (C=O) groups is 2. The van der Waals surface area contributed by atoms with Gasteiger partial charge in [0.25, 0.3) is 0 Å². The number of unbranched alkanes of at least 4 members (excludes halogenated alkanes) is 1. The Morgan fingerprint density at radius 2 is 2.40 bits per heavy atom. The minimum Gasteiger partial charge on any atom is -0.442 e. The summed E-state index contributed by atoms with van der Waals surface area (Å²) in [5, 5.41) is 2.76. The molecular formula is C10H18N2O3. The molecule has 1 atom stereocenters. The van der Waals surface area contributed by atoms with Crippen LogP contribution in [0.4, 0.5) is 4.79 Å². The summed E-state index contributed by atoms with van der Waals surface area (Å²) in [4.78, 5) is 23.8. The van der Waals surface area contributed by atoms with E-state index in [-0.39, 0.29) is 18.1 Å². The molecule has 1 unspecified atom stereocenters. The minimum absolute atomic E-state index is 0.0300. The number of amides is 2. The third-order valence-corrected chi connectivity index (χ3v) is 2.34. The highest BCUT2D eigenvalue weighted by Gasteiger charge is 2.28. The molecule has 0 aromatic heterocycles. The highest BCUT2D eigenvalue weighted by Crippen LogP contribution is 2.07. The van der Waals surface area contributed by atoms with Gasteiger partial charge < -0.3 is 15.0 Å². The summed E-state index contributed by atoms with van der Waals surface area (Å²) < 4.78 is 5.00. The summed E-state index contributed by atoms with van der Waals surface area (Å²) in [7, 11) is 1.68. The second-order valence-electron chi connectivity index (χ2n) is 3.79. The van der Waals surface area contributed by atoms with Gasteiger partial charge in [0.2, 0.25) is 5.91 Å². The number of rotatable bonds is 5. The van der Waals surface area contributed by atoms with Gasteiger partial charge in [0.1, 0.15) is 6.10 Å². The molecule has 5 nitrogen and oxygen atoms in total. The fraction of sp³-hybridized carbons (Fsp3) is 0.800. The summed E-state index contributed by atoms with van der Waals surface area (Å²) in [6, 6.07) is 0. The largest absolute Gasteiger partial charge is 0.442 e. The average molecular weight is 214 g/mol. The number of hydrogen-bond donors (Lipinski definition) is 1. The maximum atomic E-state index is 11.3. The number of ether oxygens (including phenoxy) is 1. The molecule has 0 spiro atoms. The van der Waals surface area contributed by atoms with Crippen LogP contribution in [-0.4, -0.2) is 43.1 Å². The molecule has 2 amide bonds. The topological polar surface area (TPSA) is 58.6 Å². The van der Waals surface area contributed by atoms with Crippen LogP contribution >= 0.6 is 0 Å². The fourth-order valence-electron chi connectivity index (χ4n) is 1.41. The van der Waals surface area contributed by atoms with Gasteiger partial charge in [0, 0.05) is 13.5 Å². The number of hydrogen-bond acceptors (Lipinski definition) is 3. The smallest absolute Gasteiger partial charge is 0.410 e. The van der Waals surface area contributed by atoms with Gasteiger partial charge in [-0.3, -0.25) is 4.79 Å². The van der Waals surface area contributed by atoms with E-state index < -0.39 is 0 Å². The molecular weight excluding hydrogens is 196 g/mol. The van der Waals surface area contributed by atoms with Crippen molar-refractivity contribution in [3.8, 4) is 0 Å². The third kappa shape index (κ3) is 3.77. The molecule has 0 radical (unpaired) electrons. The van der Waals surface area contributed by atoms with Crippen LogP contribution < -0.4 is 5.32 Å². The first kappa shape index (κ1) is 11.8. The van der Waals surface area contributed by atoms with Crippen molar-refractivity contribution in [3.05, 3.63) is 0 Å². The average Bonchev–Trinajstić information content (AvgIpc) is 2.52. The zero-order chi connectivity index (χ0) is 11.3. The lowest BCUT2D eigenvalue weighted by Crippen LogP contribution is -2.33. The first-order valence-corrected chi connectivity index (χ1v) is 5.32. The highest BCUT2D eigenvalue weighted by molar-refractivity contribution is 5.76. The van der Waals surface area contributed by atoms with E-state index in [0.717, 1.165) is 12.8 Å². The van der Waals surface area contributed by atoms with Crippen LogP contribution in [-0.2, 0) is 9.53 Å². The molecule has 1 heterocycles. The van der Waals surface area contributed by atoms with Crippen LogP contribution in [0.15, 0.2) is 0 Å². The van der Waals surface area contributed by atoms with Crippen LogP contribution in [0.3, 0.4) is 0 Å². The Kier molecular flexibility index (Phi) is 4.39. The van der Waals surface area contributed by atoms with Gasteiger partial charge in [-0.2, -0.15) is 0 Å². The minimum atomic E-state index is -0.317. The standard InChI is InChI=1S/C10H18N2O3/c1-3-4-5-9(13)11-6-8-7-12(2)10(14)15-8/h8H,3-7H2,1-2H3,(H,11,13). The zero-order valence-corrected chi connectivity index (χ0v) is 9.28. The maximum Gasteiger partial charge on any atom is 0.410 e. The molecule has 5 heteroatoms. The van der Waals surface area contributed by atoms with Gasteiger partial charge in [-0.25, -0.2) is 4.79 Å². The van der Waals surface area contributed by atoms with Crippen LogP contribution in [0, 0.1) is 0 Å². The Labute approximate surface area is 89.8 Å². The number of likely N-dealkylation sites (N-methyl/N-ethyl adjacent to an activating group) is 1. The van der Waals surface area contributed by atoms with Gasteiger partial charge in [0.15, 0.2) is 0 Å². The van der Waals surface area contributed by atoms with Gasteiger partial charge in [-0.05, 0) is 6.42 Å². The van der Waals surface area contributed by atoms with Crippen LogP contribution in [0.2, 0.25) is 0 Å². The maximum absolute atomic E-state index is 11.3. The SMILES string of the molecule is CCCCC(=O)NCC1CN(C)C(=O)O1. The van der Waals surface area contributed by atoms with E-state index >= 15 is 0 Å². The predicted octanol–water partition coefficient (Wildman–Crippen LogP) is 0.743. The van der Waals surface area contributed by atoms with Crippen molar-refractivity contribution in [1.82, 2.24) is 10.2 Å². The molecule has 0 bridgehead atoms. The first-order valence-electron chi connectivity index (χ1n) is 5.32. The Morgan fingerprint density at radius 1 is 1.67 bits per heavy atom. The molecule has 86 valence electrons. The number of carbonyl (C=O) groups excluding carboxylic acids is 2. The van der Waals surface area contributed by atoms with Crippen LogP contribution in [0.5, 0.6) is 0 Å². The summed E-state index contributed by atoms with van der Waals surface area (Å²) in [6.07, 6.45) is 1.94. The van der Waals surface area contributed by atoms with E-state index in [1.54, 1.807) is 7.05 Å². The number of nitrogens with one attached hydrogen (secondary N) is 1. The Hall–Kier alpha value is -1.26. The lowest BCUT2D eigenvalue weighted by Gasteiger charge is -2.09. The summed E-state index contributed by atoms with van der Waals surface area (Å²) >= 11 is 0. The fourth-order valence-corrected chi connectivity index (χ4v) is 1.41. The lowest BCUT2D eigenvalue weighted by atomic mass is 10.2. The Balaban J connectivity index is 2.15. The molecule has 1 fully saturated rings. The van der Waals surface area contributed by atoms with E-state index in [1.165, 1.54) is 4.90 Å². The quantitative estimate of drug-likeness (QED) is 0.734. The molecule has 1 rings (SSSR count). The molecule has 1 aliphatic rings. The predicted molar refractivity (Wildman–Crippen MR) is 55.4 cm³/mol. The highest BCUT2D eigenvalue weighted by atomic mass is 16.6. The monoisotopic (exact) mass is 214 g/mol. The van der Waals surface area contributed by atoms with Crippen molar-refractivity contribution in [1.29, 1.82) is 0 Å². The van der Waals surface area contributed by atoms with E-state index in [4.69, 9.17) is 4.74 Å². The van der Waals surface area contributed by atoms with Crippen molar-refractivity contribution in [2.45, 2.75) is 32.3 Å². The number of nitrogens with zero attached hydrogens (tertiary/aromatic N) is 1. The first-order chi connectivity index (χ1) is 7.13.